The molecule has 1 atom stereocenters. The second-order valence-corrected chi connectivity index (χ2v) is 6.67. The lowest BCUT2D eigenvalue weighted by atomic mass is 10.0. The van der Waals surface area contributed by atoms with Crippen LogP contribution in [0.25, 0.3) is 0 Å². The van der Waals surface area contributed by atoms with Gasteiger partial charge >= 0.3 is 0 Å². The number of aryl methyl sites for hydroxylation is 1. The summed E-state index contributed by atoms with van der Waals surface area (Å²) in [5, 5.41) is 5.13. The van der Waals surface area contributed by atoms with Crippen LogP contribution in [-0.4, -0.2) is 56.4 Å². The topological polar surface area (TPSA) is 81.8 Å². The molecule has 2 N–H and O–H groups in total. The standard InChI is InChI=1S/C18H29N3O.C2H3NO2/c1-4-5-16(3)21(14-22)13-17-12-18(7-6-15(17)2)20-10-8-19-9-11-20;4-1-3-2-5/h6-7,12,14,16,19H,4-5,8-11,13H2,1-3H3;1-2H,(H,3,4,5). The van der Waals surface area contributed by atoms with Crippen LogP contribution in [0.5, 0.6) is 0 Å². The van der Waals surface area contributed by atoms with Crippen LogP contribution in [-0.2, 0) is 20.9 Å². The van der Waals surface area contributed by atoms with E-state index in [9.17, 15) is 4.79 Å². The summed E-state index contributed by atoms with van der Waals surface area (Å²) < 4.78 is 0. The largest absolute Gasteiger partial charge is 0.369 e. The van der Waals surface area contributed by atoms with Crippen LogP contribution in [0, 0.1) is 6.92 Å². The zero-order chi connectivity index (χ0) is 20.1. The molecule has 1 saturated heterocycles. The molecule has 3 amide bonds. The first-order valence-corrected chi connectivity index (χ1v) is 9.46. The fraction of sp³-hybridized carbons (Fsp3) is 0.550. The molecule has 0 spiro atoms. The highest BCUT2D eigenvalue weighted by Crippen LogP contribution is 2.22. The van der Waals surface area contributed by atoms with Crippen LogP contribution in [0.15, 0.2) is 18.2 Å². The van der Waals surface area contributed by atoms with Crippen molar-refractivity contribution in [3.05, 3.63) is 29.3 Å². The maximum Gasteiger partial charge on any atom is 0.213 e. The Hall–Kier alpha value is -2.41. The number of hydrogen-bond acceptors (Lipinski definition) is 5. The highest BCUT2D eigenvalue weighted by molar-refractivity contribution is 5.67. The van der Waals surface area contributed by atoms with E-state index in [1.807, 2.05) is 4.90 Å². The number of rotatable bonds is 9. The quantitative estimate of drug-likeness (QED) is 0.638. The Morgan fingerprint density at radius 3 is 2.41 bits per heavy atom. The summed E-state index contributed by atoms with van der Waals surface area (Å²) >= 11 is 0. The molecule has 1 aromatic carbocycles. The molecule has 0 aliphatic carbocycles. The highest BCUT2D eigenvalue weighted by Gasteiger charge is 2.15. The zero-order valence-electron chi connectivity index (χ0n) is 16.6. The van der Waals surface area contributed by atoms with E-state index in [2.05, 4.69) is 49.2 Å². The molecule has 1 unspecified atom stereocenters. The van der Waals surface area contributed by atoms with Gasteiger partial charge in [-0.15, -0.1) is 0 Å². The molecule has 1 fully saturated rings. The summed E-state index contributed by atoms with van der Waals surface area (Å²) in [7, 11) is 0. The third kappa shape index (κ3) is 7.78. The second-order valence-electron chi connectivity index (χ2n) is 6.67. The van der Waals surface area contributed by atoms with Crippen molar-refractivity contribution in [3.63, 3.8) is 0 Å². The number of carbonyl (C=O) groups excluding carboxylic acids is 3. The molecule has 0 saturated carbocycles. The van der Waals surface area contributed by atoms with Crippen molar-refractivity contribution in [1.82, 2.24) is 15.5 Å². The van der Waals surface area contributed by atoms with Crippen molar-refractivity contribution in [1.29, 1.82) is 0 Å². The van der Waals surface area contributed by atoms with E-state index in [1.54, 1.807) is 5.32 Å². The van der Waals surface area contributed by atoms with Gasteiger partial charge in [-0.2, -0.15) is 0 Å². The summed E-state index contributed by atoms with van der Waals surface area (Å²) in [5.41, 5.74) is 3.79. The van der Waals surface area contributed by atoms with Gasteiger partial charge in [0, 0.05) is 44.5 Å². The number of carbonyl (C=O) groups is 3. The summed E-state index contributed by atoms with van der Waals surface area (Å²) in [4.78, 5) is 33.9. The van der Waals surface area contributed by atoms with Gasteiger partial charge in [0.25, 0.3) is 0 Å². The predicted octanol–water partition coefficient (Wildman–Crippen LogP) is 1.44. The van der Waals surface area contributed by atoms with Crippen LogP contribution in [0.1, 0.15) is 37.8 Å². The van der Waals surface area contributed by atoms with Gasteiger partial charge in [-0.05, 0) is 43.5 Å². The predicted molar refractivity (Wildman–Crippen MR) is 108 cm³/mol. The van der Waals surface area contributed by atoms with Crippen LogP contribution in [0.3, 0.4) is 0 Å². The van der Waals surface area contributed by atoms with Gasteiger partial charge in [0.2, 0.25) is 19.2 Å². The monoisotopic (exact) mass is 376 g/mol. The van der Waals surface area contributed by atoms with Gasteiger partial charge < -0.3 is 20.4 Å². The molecule has 1 aromatic rings. The molecule has 1 aliphatic heterocycles. The molecule has 0 radical (unpaired) electrons. The minimum Gasteiger partial charge on any atom is -0.369 e. The average molecular weight is 377 g/mol. The number of amides is 3. The van der Waals surface area contributed by atoms with Crippen LogP contribution >= 0.6 is 0 Å². The first-order chi connectivity index (χ1) is 13.1. The Bertz CT molecular complexity index is 583. The van der Waals surface area contributed by atoms with Gasteiger partial charge in [0.15, 0.2) is 0 Å². The number of nitrogens with one attached hydrogen (secondary N) is 2. The molecule has 7 heteroatoms. The first kappa shape index (κ1) is 22.6. The first-order valence-electron chi connectivity index (χ1n) is 9.46. The summed E-state index contributed by atoms with van der Waals surface area (Å²) in [6.07, 6.45) is 3.78. The Morgan fingerprint density at radius 1 is 1.22 bits per heavy atom. The summed E-state index contributed by atoms with van der Waals surface area (Å²) in [6, 6.07) is 6.94. The minimum absolute atomic E-state index is 0.296. The van der Waals surface area contributed by atoms with E-state index in [-0.39, 0.29) is 0 Å². The summed E-state index contributed by atoms with van der Waals surface area (Å²) in [6.45, 7) is 11.3. The molecule has 27 heavy (non-hydrogen) atoms. The number of imide groups is 1. The van der Waals surface area contributed by atoms with Crippen molar-refractivity contribution < 1.29 is 14.4 Å². The molecular weight excluding hydrogens is 344 g/mol. The van der Waals surface area contributed by atoms with E-state index in [0.29, 0.717) is 25.4 Å². The van der Waals surface area contributed by atoms with E-state index in [1.165, 1.54) is 16.8 Å². The fourth-order valence-corrected chi connectivity index (χ4v) is 3.05. The van der Waals surface area contributed by atoms with Crippen molar-refractivity contribution >= 4 is 24.9 Å². The van der Waals surface area contributed by atoms with E-state index >= 15 is 0 Å². The molecule has 0 aromatic heterocycles. The SMILES string of the molecule is CCCC(C)N(C=O)Cc1cc(N2CCNCC2)ccc1C.O=CNC=O. The molecule has 7 nitrogen and oxygen atoms in total. The van der Waals surface area contributed by atoms with Crippen molar-refractivity contribution in [2.45, 2.75) is 46.2 Å². The summed E-state index contributed by atoms with van der Waals surface area (Å²) in [5.74, 6) is 0. The van der Waals surface area contributed by atoms with Crippen molar-refractivity contribution in [2.24, 2.45) is 0 Å². The van der Waals surface area contributed by atoms with E-state index in [4.69, 9.17) is 9.59 Å². The van der Waals surface area contributed by atoms with Gasteiger partial charge in [-0.25, -0.2) is 0 Å². The number of hydrogen-bond donors (Lipinski definition) is 2. The van der Waals surface area contributed by atoms with Crippen LogP contribution in [0.2, 0.25) is 0 Å². The molecule has 150 valence electrons. The number of anilines is 1. The van der Waals surface area contributed by atoms with Crippen LogP contribution < -0.4 is 15.5 Å². The van der Waals surface area contributed by atoms with Gasteiger partial charge in [0.1, 0.15) is 0 Å². The Balaban J connectivity index is 0.000000646. The van der Waals surface area contributed by atoms with E-state index < -0.39 is 0 Å². The third-order valence-electron chi connectivity index (χ3n) is 4.71. The molecule has 2 rings (SSSR count). The highest BCUT2D eigenvalue weighted by atomic mass is 16.2. The Labute approximate surface area is 162 Å². The number of nitrogens with zero attached hydrogens (tertiary/aromatic N) is 2. The molecule has 0 bridgehead atoms. The van der Waals surface area contributed by atoms with Gasteiger partial charge in [-0.3, -0.25) is 14.4 Å². The lowest BCUT2D eigenvalue weighted by Gasteiger charge is -2.31. The van der Waals surface area contributed by atoms with Gasteiger partial charge in [-0.1, -0.05) is 19.4 Å². The maximum atomic E-state index is 11.4. The average Bonchev–Trinajstić information content (AvgIpc) is 2.69. The lowest BCUT2D eigenvalue weighted by Crippen LogP contribution is -2.43. The minimum atomic E-state index is 0.296. The second kappa shape index (κ2) is 12.9. The molecular formula is C20H32N4O3. The number of benzene rings is 1. The van der Waals surface area contributed by atoms with Crippen LogP contribution in [0.4, 0.5) is 5.69 Å². The molecule has 1 aliphatic rings. The lowest BCUT2D eigenvalue weighted by molar-refractivity contribution is -0.120. The van der Waals surface area contributed by atoms with Crippen molar-refractivity contribution in [2.75, 3.05) is 31.1 Å². The molecule has 1 heterocycles. The Morgan fingerprint density at radius 2 is 1.89 bits per heavy atom. The normalized spacial score (nSPS) is 14.4. The van der Waals surface area contributed by atoms with Gasteiger partial charge in [0.05, 0.1) is 0 Å². The zero-order valence-corrected chi connectivity index (χ0v) is 16.6. The number of piperazine rings is 1. The van der Waals surface area contributed by atoms with Crippen molar-refractivity contribution in [3.8, 4) is 0 Å². The third-order valence-corrected chi connectivity index (χ3v) is 4.71. The maximum absolute atomic E-state index is 11.4. The fourth-order valence-electron chi connectivity index (χ4n) is 3.05. The Kier molecular flexibility index (Phi) is 10.8. The van der Waals surface area contributed by atoms with E-state index in [0.717, 1.165) is 45.4 Å². The smallest absolute Gasteiger partial charge is 0.213 e.